The number of anilines is 1. The molecule has 1 aromatic carbocycles. The number of aliphatic hydroxyl groups excluding tert-OH is 1. The molecule has 2 aromatic rings. The predicted octanol–water partition coefficient (Wildman–Crippen LogP) is 2.64. The Bertz CT molecular complexity index is 1010. The number of Topliss-reactive ketones (excluding diaryl/α,β-unsaturated/α-hetero) is 1. The molecule has 0 unspecified atom stereocenters. The Morgan fingerprint density at radius 3 is 2.75 bits per heavy atom. The standard InChI is InChI=1S/C22H27N3O7/c1-14-10-18(15(2)24(14)12-17-4-3-9-31-17)21(27)13-32-22(28)19-11-16(25(29)30)5-6-20(19)23-7-8-26/h5-6,10-11,17,23,26H,3-4,7-9,12-13H2,1-2H3/t17-/m1/s1. The Hall–Kier alpha value is -3.24. The lowest BCUT2D eigenvalue weighted by atomic mass is 10.1. The number of aryl methyl sites for hydroxylation is 1. The molecule has 1 aliphatic heterocycles. The number of rotatable bonds is 10. The number of carbonyl (C=O) groups excluding carboxylic acids is 2. The Labute approximate surface area is 185 Å². The number of nitro groups is 1. The summed E-state index contributed by atoms with van der Waals surface area (Å²) >= 11 is 0. The number of ketones is 1. The summed E-state index contributed by atoms with van der Waals surface area (Å²) in [4.78, 5) is 35.8. The fourth-order valence-corrected chi connectivity index (χ4v) is 3.80. The molecule has 10 nitrogen and oxygen atoms in total. The number of ether oxygens (including phenoxy) is 2. The van der Waals surface area contributed by atoms with Crippen molar-refractivity contribution in [3.05, 3.63) is 56.9 Å². The van der Waals surface area contributed by atoms with Gasteiger partial charge in [-0.3, -0.25) is 14.9 Å². The first-order valence-electron chi connectivity index (χ1n) is 10.4. The summed E-state index contributed by atoms with van der Waals surface area (Å²) < 4.78 is 12.9. The lowest BCUT2D eigenvalue weighted by Gasteiger charge is -2.15. The molecular formula is C22H27N3O7. The van der Waals surface area contributed by atoms with Crippen molar-refractivity contribution in [2.24, 2.45) is 0 Å². The van der Waals surface area contributed by atoms with Crippen LogP contribution >= 0.6 is 0 Å². The molecule has 0 aliphatic carbocycles. The minimum absolute atomic E-state index is 0.0793. The highest BCUT2D eigenvalue weighted by Gasteiger charge is 2.23. The zero-order valence-electron chi connectivity index (χ0n) is 18.1. The van der Waals surface area contributed by atoms with Crippen molar-refractivity contribution in [2.45, 2.75) is 39.3 Å². The van der Waals surface area contributed by atoms with Gasteiger partial charge in [0.2, 0.25) is 5.78 Å². The van der Waals surface area contributed by atoms with Gasteiger partial charge in [-0.2, -0.15) is 0 Å². The largest absolute Gasteiger partial charge is 0.454 e. The van der Waals surface area contributed by atoms with Crippen LogP contribution in [0.15, 0.2) is 24.3 Å². The number of nitrogens with one attached hydrogen (secondary N) is 1. The van der Waals surface area contributed by atoms with E-state index in [4.69, 9.17) is 14.6 Å². The van der Waals surface area contributed by atoms with Crippen LogP contribution in [0.5, 0.6) is 0 Å². The average Bonchev–Trinajstić information content (AvgIpc) is 3.39. The van der Waals surface area contributed by atoms with Gasteiger partial charge < -0.3 is 24.5 Å². The second-order valence-electron chi connectivity index (χ2n) is 7.67. The molecule has 10 heteroatoms. The van der Waals surface area contributed by atoms with E-state index in [2.05, 4.69) is 5.32 Å². The van der Waals surface area contributed by atoms with Crippen LogP contribution in [0.4, 0.5) is 11.4 Å². The lowest BCUT2D eigenvalue weighted by Crippen LogP contribution is -2.19. The third-order valence-electron chi connectivity index (χ3n) is 5.48. The fraction of sp³-hybridized carbons (Fsp3) is 0.455. The third-order valence-corrected chi connectivity index (χ3v) is 5.48. The number of aliphatic hydroxyl groups is 1. The van der Waals surface area contributed by atoms with Crippen LogP contribution in [0.3, 0.4) is 0 Å². The molecule has 0 amide bonds. The number of nitro benzene ring substituents is 1. The van der Waals surface area contributed by atoms with E-state index in [0.29, 0.717) is 12.1 Å². The summed E-state index contributed by atoms with van der Waals surface area (Å²) in [6.45, 7) is 4.63. The van der Waals surface area contributed by atoms with Gasteiger partial charge in [0.05, 0.1) is 23.2 Å². The maximum Gasteiger partial charge on any atom is 0.340 e. The first-order chi connectivity index (χ1) is 15.3. The Balaban J connectivity index is 1.71. The SMILES string of the molecule is Cc1cc(C(=O)COC(=O)c2cc([N+](=O)[O-])ccc2NCCO)c(C)n1C[C@H]1CCCO1. The van der Waals surface area contributed by atoms with Gasteiger partial charge in [0.25, 0.3) is 5.69 Å². The Morgan fingerprint density at radius 2 is 2.09 bits per heavy atom. The second-order valence-corrected chi connectivity index (χ2v) is 7.67. The van der Waals surface area contributed by atoms with Crippen molar-refractivity contribution in [2.75, 3.05) is 31.7 Å². The molecule has 0 bridgehead atoms. The first kappa shape index (κ1) is 23.4. The summed E-state index contributed by atoms with van der Waals surface area (Å²) in [5.74, 6) is -1.23. The van der Waals surface area contributed by atoms with E-state index in [9.17, 15) is 19.7 Å². The number of nitrogens with zero attached hydrogens (tertiary/aromatic N) is 2. The fourth-order valence-electron chi connectivity index (χ4n) is 3.80. The van der Waals surface area contributed by atoms with E-state index < -0.39 is 17.5 Å². The summed E-state index contributed by atoms with van der Waals surface area (Å²) in [7, 11) is 0. The summed E-state index contributed by atoms with van der Waals surface area (Å²) in [6.07, 6.45) is 2.13. The van der Waals surface area contributed by atoms with Crippen LogP contribution in [0.25, 0.3) is 0 Å². The smallest absolute Gasteiger partial charge is 0.340 e. The van der Waals surface area contributed by atoms with E-state index in [0.717, 1.165) is 36.9 Å². The van der Waals surface area contributed by atoms with Gasteiger partial charge in [-0.1, -0.05) is 0 Å². The molecule has 1 aliphatic rings. The molecule has 2 N–H and O–H groups in total. The van der Waals surface area contributed by atoms with Crippen LogP contribution in [0, 0.1) is 24.0 Å². The molecule has 3 rings (SSSR count). The quantitative estimate of drug-likeness (QED) is 0.247. The number of benzene rings is 1. The van der Waals surface area contributed by atoms with Crippen LogP contribution in [0.2, 0.25) is 0 Å². The van der Waals surface area contributed by atoms with Crippen LogP contribution in [0.1, 0.15) is 44.9 Å². The Kier molecular flexibility index (Phi) is 7.60. The van der Waals surface area contributed by atoms with Gasteiger partial charge in [0.15, 0.2) is 6.61 Å². The molecule has 32 heavy (non-hydrogen) atoms. The maximum atomic E-state index is 12.8. The van der Waals surface area contributed by atoms with Gasteiger partial charge in [0.1, 0.15) is 0 Å². The van der Waals surface area contributed by atoms with Crippen LogP contribution in [-0.4, -0.2) is 58.8 Å². The molecule has 1 fully saturated rings. The monoisotopic (exact) mass is 445 g/mol. The Morgan fingerprint density at radius 1 is 1.31 bits per heavy atom. The zero-order chi connectivity index (χ0) is 23.3. The molecule has 2 heterocycles. The summed E-state index contributed by atoms with van der Waals surface area (Å²) in [5.41, 5.74) is 2.07. The van der Waals surface area contributed by atoms with Crippen molar-refractivity contribution in [3.8, 4) is 0 Å². The summed E-state index contributed by atoms with van der Waals surface area (Å²) in [5, 5.41) is 22.9. The van der Waals surface area contributed by atoms with Gasteiger partial charge in [-0.25, -0.2) is 4.79 Å². The first-order valence-corrected chi connectivity index (χ1v) is 10.4. The minimum atomic E-state index is -0.865. The highest BCUT2D eigenvalue weighted by atomic mass is 16.6. The average molecular weight is 445 g/mol. The highest BCUT2D eigenvalue weighted by Crippen LogP contribution is 2.24. The normalized spacial score (nSPS) is 15.5. The van der Waals surface area contributed by atoms with Crippen molar-refractivity contribution < 1.29 is 29.1 Å². The van der Waals surface area contributed by atoms with E-state index in [1.807, 2.05) is 18.4 Å². The van der Waals surface area contributed by atoms with Gasteiger partial charge in [-0.15, -0.1) is 0 Å². The molecular weight excluding hydrogens is 418 g/mol. The topological polar surface area (TPSA) is 133 Å². The minimum Gasteiger partial charge on any atom is -0.454 e. The van der Waals surface area contributed by atoms with Crippen molar-refractivity contribution in [3.63, 3.8) is 0 Å². The van der Waals surface area contributed by atoms with E-state index in [1.165, 1.54) is 12.1 Å². The van der Waals surface area contributed by atoms with Gasteiger partial charge in [0, 0.05) is 54.5 Å². The predicted molar refractivity (Wildman–Crippen MR) is 116 cm³/mol. The molecule has 1 atom stereocenters. The van der Waals surface area contributed by atoms with Crippen molar-refractivity contribution >= 4 is 23.1 Å². The van der Waals surface area contributed by atoms with Gasteiger partial charge >= 0.3 is 5.97 Å². The number of carbonyl (C=O) groups is 2. The van der Waals surface area contributed by atoms with E-state index >= 15 is 0 Å². The number of aromatic nitrogens is 1. The number of non-ortho nitro benzene ring substituents is 1. The number of hydrogen-bond acceptors (Lipinski definition) is 8. The van der Waals surface area contributed by atoms with Crippen LogP contribution < -0.4 is 5.32 Å². The maximum absolute atomic E-state index is 12.8. The molecule has 0 spiro atoms. The third kappa shape index (κ3) is 5.32. The molecule has 172 valence electrons. The zero-order valence-corrected chi connectivity index (χ0v) is 18.1. The van der Waals surface area contributed by atoms with Crippen molar-refractivity contribution in [1.82, 2.24) is 4.57 Å². The lowest BCUT2D eigenvalue weighted by molar-refractivity contribution is -0.384. The van der Waals surface area contributed by atoms with Crippen LogP contribution in [-0.2, 0) is 16.0 Å². The summed E-state index contributed by atoms with van der Waals surface area (Å²) in [6, 6.07) is 5.46. The highest BCUT2D eigenvalue weighted by molar-refractivity contribution is 6.02. The van der Waals surface area contributed by atoms with E-state index in [1.54, 1.807) is 6.07 Å². The van der Waals surface area contributed by atoms with Gasteiger partial charge in [-0.05, 0) is 38.8 Å². The molecule has 1 saturated heterocycles. The second kappa shape index (κ2) is 10.4. The van der Waals surface area contributed by atoms with E-state index in [-0.39, 0.29) is 42.0 Å². The molecule has 0 radical (unpaired) electrons. The number of esters is 1. The molecule has 0 saturated carbocycles. The van der Waals surface area contributed by atoms with Crippen molar-refractivity contribution in [1.29, 1.82) is 0 Å². The number of hydrogen-bond donors (Lipinski definition) is 2. The molecule has 1 aromatic heterocycles.